The zero-order valence-electron chi connectivity index (χ0n) is 27.5. The van der Waals surface area contributed by atoms with Crippen LogP contribution in [0.5, 0.6) is 5.75 Å². The average molecular weight is 645 g/mol. The smallest absolute Gasteiger partial charge is 0.258 e. The number of benzene rings is 1. The number of ether oxygens (including phenoxy) is 1. The van der Waals surface area contributed by atoms with Crippen molar-refractivity contribution in [3.05, 3.63) is 23.8 Å². The summed E-state index contributed by atoms with van der Waals surface area (Å²) in [4.78, 5) is 48.3. The molecule has 1 heterocycles. The van der Waals surface area contributed by atoms with E-state index in [1.54, 1.807) is 0 Å². The molecule has 1 aromatic rings. The summed E-state index contributed by atoms with van der Waals surface area (Å²) >= 11 is 0. The van der Waals surface area contributed by atoms with Crippen molar-refractivity contribution in [3.8, 4) is 5.75 Å². The first-order chi connectivity index (χ1) is 22.1. The number of hydrogen-bond donors (Lipinski definition) is 7. The Labute approximate surface area is 273 Å². The van der Waals surface area contributed by atoms with Crippen LogP contribution in [-0.2, 0) is 20.8 Å². The maximum Gasteiger partial charge on any atom is 0.258 e. The van der Waals surface area contributed by atoms with Gasteiger partial charge in [-0.15, -0.1) is 0 Å². The van der Waals surface area contributed by atoms with Gasteiger partial charge in [-0.05, 0) is 68.7 Å². The van der Waals surface area contributed by atoms with Gasteiger partial charge in [0.05, 0.1) is 0 Å². The van der Waals surface area contributed by atoms with Crippen molar-refractivity contribution < 1.29 is 19.1 Å². The normalized spacial score (nSPS) is 13.5. The molecule has 2 atom stereocenters. The number of nitrogens with one attached hydrogen (secondary N) is 2. The lowest BCUT2D eigenvalue weighted by Gasteiger charge is -2.31. The van der Waals surface area contributed by atoms with Gasteiger partial charge in [-0.1, -0.05) is 45.4 Å². The van der Waals surface area contributed by atoms with E-state index in [4.69, 9.17) is 33.4 Å². The van der Waals surface area contributed by atoms with Crippen LogP contribution in [0, 0.1) is 0 Å². The number of aryl methyl sites for hydroxylation is 1. The molecule has 258 valence electrons. The number of unbranched alkanes of at least 4 members (excludes halogenated alkanes) is 6. The Kier molecular flexibility index (Phi) is 17.7. The molecule has 14 heteroatoms. The van der Waals surface area contributed by atoms with E-state index in [9.17, 15) is 14.4 Å². The van der Waals surface area contributed by atoms with E-state index in [1.807, 2.05) is 12.1 Å². The molecule has 0 aliphatic carbocycles. The predicted octanol–water partition coefficient (Wildman–Crippen LogP) is 1.13. The average Bonchev–Trinajstić information content (AvgIpc) is 3.01. The van der Waals surface area contributed by atoms with Gasteiger partial charge in [0.25, 0.3) is 5.91 Å². The van der Waals surface area contributed by atoms with Crippen molar-refractivity contribution in [2.24, 2.45) is 38.7 Å². The maximum atomic E-state index is 13.1. The standard InChI is InChI=1S/C32H56N10O4/c1-2-3-4-5-6-7-8-19-42-20-11-12-23-21-24(15-16-27(23)42)46-22-28(43)40-26(14-10-18-39-32(36)37)30(45)41-25(29(33)44)13-9-17-38-31(34)35/h15-16,21,25-26H,2-14,17-20,22H2,1H3,(H2,33,44)(H,40,43)(H,41,45)(H4,34,35,38)(H4,36,37,39)/t25-,26-/m0/s1. The fourth-order valence-electron chi connectivity index (χ4n) is 5.45. The fraction of sp³-hybridized carbons (Fsp3) is 0.656. The molecule has 12 N–H and O–H groups in total. The van der Waals surface area contributed by atoms with E-state index in [0.717, 1.165) is 25.9 Å². The molecule has 0 spiro atoms. The van der Waals surface area contributed by atoms with Crippen LogP contribution in [-0.4, -0.2) is 74.5 Å². The molecule has 3 amide bonds. The van der Waals surface area contributed by atoms with Crippen LogP contribution in [0.25, 0.3) is 0 Å². The van der Waals surface area contributed by atoms with E-state index in [-0.39, 0.29) is 44.5 Å². The summed E-state index contributed by atoms with van der Waals surface area (Å²) in [7, 11) is 0. The van der Waals surface area contributed by atoms with Gasteiger partial charge >= 0.3 is 0 Å². The number of nitrogens with zero attached hydrogens (tertiary/aromatic N) is 3. The summed E-state index contributed by atoms with van der Waals surface area (Å²) in [5, 5.41) is 5.34. The first-order valence-corrected chi connectivity index (χ1v) is 16.6. The van der Waals surface area contributed by atoms with E-state index in [0.29, 0.717) is 18.6 Å². The van der Waals surface area contributed by atoms with Gasteiger partial charge in [0, 0.05) is 31.9 Å². The minimum absolute atomic E-state index is 0.0680. The summed E-state index contributed by atoms with van der Waals surface area (Å²) < 4.78 is 5.83. The summed E-state index contributed by atoms with van der Waals surface area (Å²) in [6, 6.07) is 4.03. The highest BCUT2D eigenvalue weighted by molar-refractivity contribution is 5.91. The molecule has 0 saturated carbocycles. The lowest BCUT2D eigenvalue weighted by molar-refractivity contribution is -0.132. The van der Waals surface area contributed by atoms with Gasteiger partial charge in [-0.25, -0.2) is 0 Å². The van der Waals surface area contributed by atoms with Crippen LogP contribution in [0.15, 0.2) is 28.2 Å². The second-order valence-corrected chi connectivity index (χ2v) is 11.8. The summed E-state index contributed by atoms with van der Waals surface area (Å²) in [5.74, 6) is -1.29. The molecule has 1 aromatic carbocycles. The molecule has 0 unspecified atom stereocenters. The highest BCUT2D eigenvalue weighted by Crippen LogP contribution is 2.31. The van der Waals surface area contributed by atoms with Crippen LogP contribution in [0.4, 0.5) is 5.69 Å². The molecule has 1 aliphatic rings. The van der Waals surface area contributed by atoms with Crippen LogP contribution in [0.3, 0.4) is 0 Å². The summed E-state index contributed by atoms with van der Waals surface area (Å²) in [6.07, 6.45) is 12.3. The Balaban J connectivity index is 1.94. The van der Waals surface area contributed by atoms with Gasteiger partial charge in [0.1, 0.15) is 17.8 Å². The van der Waals surface area contributed by atoms with E-state index in [1.165, 1.54) is 56.2 Å². The number of nitrogens with two attached hydrogens (primary N) is 5. The topological polar surface area (TPSA) is 243 Å². The summed E-state index contributed by atoms with van der Waals surface area (Å²) in [5.41, 5.74) is 29.4. The lowest BCUT2D eigenvalue weighted by atomic mass is 10.0. The first-order valence-electron chi connectivity index (χ1n) is 16.6. The van der Waals surface area contributed by atoms with Crippen LogP contribution >= 0.6 is 0 Å². The molecule has 2 rings (SSSR count). The summed E-state index contributed by atoms with van der Waals surface area (Å²) in [6.45, 7) is 4.59. The Bertz CT molecular complexity index is 1150. The number of amides is 3. The van der Waals surface area contributed by atoms with Crippen molar-refractivity contribution >= 4 is 35.3 Å². The van der Waals surface area contributed by atoms with Gasteiger partial charge in [0.2, 0.25) is 11.8 Å². The first kappa shape index (κ1) is 38.0. The lowest BCUT2D eigenvalue weighted by Crippen LogP contribution is -2.53. The third-order valence-corrected chi connectivity index (χ3v) is 7.87. The zero-order chi connectivity index (χ0) is 33.7. The Morgan fingerprint density at radius 2 is 1.48 bits per heavy atom. The van der Waals surface area contributed by atoms with Crippen molar-refractivity contribution in [1.29, 1.82) is 0 Å². The minimum Gasteiger partial charge on any atom is -0.484 e. The molecular formula is C32H56N10O4. The Morgan fingerprint density at radius 3 is 2.11 bits per heavy atom. The van der Waals surface area contributed by atoms with Gasteiger partial charge in [-0.3, -0.25) is 24.4 Å². The molecule has 0 aromatic heterocycles. The van der Waals surface area contributed by atoms with Crippen LogP contribution in [0.2, 0.25) is 0 Å². The van der Waals surface area contributed by atoms with Gasteiger partial charge in [0.15, 0.2) is 18.5 Å². The highest BCUT2D eigenvalue weighted by Gasteiger charge is 2.26. The number of hydrogen-bond acceptors (Lipinski definition) is 7. The predicted molar refractivity (Wildman–Crippen MR) is 183 cm³/mol. The fourth-order valence-corrected chi connectivity index (χ4v) is 5.45. The minimum atomic E-state index is -0.964. The number of guanidine groups is 2. The Morgan fingerprint density at radius 1 is 0.848 bits per heavy atom. The quantitative estimate of drug-likeness (QED) is 0.0512. The van der Waals surface area contributed by atoms with Gasteiger partial charge in [-0.2, -0.15) is 0 Å². The Hall–Kier alpha value is -4.23. The third-order valence-electron chi connectivity index (χ3n) is 7.87. The van der Waals surface area contributed by atoms with E-state index >= 15 is 0 Å². The maximum absolute atomic E-state index is 13.1. The van der Waals surface area contributed by atoms with E-state index < -0.39 is 29.8 Å². The number of carbonyl (C=O) groups excluding carboxylic acids is 3. The molecule has 0 fully saturated rings. The third kappa shape index (κ3) is 15.2. The van der Waals surface area contributed by atoms with Crippen LogP contribution < -0.4 is 48.9 Å². The molecule has 0 bridgehead atoms. The van der Waals surface area contributed by atoms with Crippen molar-refractivity contribution in [2.75, 3.05) is 37.7 Å². The molecule has 0 radical (unpaired) electrons. The number of rotatable bonds is 23. The monoisotopic (exact) mass is 644 g/mol. The largest absolute Gasteiger partial charge is 0.484 e. The highest BCUT2D eigenvalue weighted by atomic mass is 16.5. The second kappa shape index (κ2) is 21.5. The SMILES string of the molecule is CCCCCCCCCN1CCCc2cc(OCC(=O)N[C@@H](CCCN=C(N)N)C(=O)N[C@@H](CCCN=C(N)N)C(N)=O)ccc21. The van der Waals surface area contributed by atoms with Crippen molar-refractivity contribution in [3.63, 3.8) is 0 Å². The molecular weight excluding hydrogens is 588 g/mol. The van der Waals surface area contributed by atoms with Crippen molar-refractivity contribution in [2.45, 2.75) is 102 Å². The molecule has 0 saturated heterocycles. The molecule has 46 heavy (non-hydrogen) atoms. The number of primary amides is 1. The molecule has 1 aliphatic heterocycles. The number of aliphatic imine (C=N–C) groups is 2. The second-order valence-electron chi connectivity index (χ2n) is 11.8. The van der Waals surface area contributed by atoms with Crippen LogP contribution in [0.1, 0.15) is 89.5 Å². The van der Waals surface area contributed by atoms with E-state index in [2.05, 4.69) is 38.5 Å². The van der Waals surface area contributed by atoms with Crippen molar-refractivity contribution in [1.82, 2.24) is 10.6 Å². The zero-order valence-corrected chi connectivity index (χ0v) is 27.5. The number of fused-ring (bicyclic) bond motifs is 1. The number of carbonyl (C=O) groups is 3. The molecule has 14 nitrogen and oxygen atoms in total. The van der Waals surface area contributed by atoms with Gasteiger partial charge < -0.3 is 48.9 Å². The number of anilines is 1.